The van der Waals surface area contributed by atoms with E-state index in [9.17, 15) is 24.3 Å². The van der Waals surface area contributed by atoms with Crippen molar-refractivity contribution in [2.75, 3.05) is 0 Å². The van der Waals surface area contributed by atoms with Crippen LogP contribution >= 0.6 is 0 Å². The lowest BCUT2D eigenvalue weighted by molar-refractivity contribution is -0.142. The number of para-hydroxylation sites is 1. The van der Waals surface area contributed by atoms with E-state index < -0.39 is 47.9 Å². The number of carboxylic acid groups (broad SMARTS) is 1. The first-order valence-electron chi connectivity index (χ1n) is 13.1. The first kappa shape index (κ1) is 29.4. The number of fused-ring (bicyclic) bond motifs is 1. The normalized spacial score (nSPS) is 15.0. The summed E-state index contributed by atoms with van der Waals surface area (Å²) in [5.74, 6) is -3.09. The summed E-state index contributed by atoms with van der Waals surface area (Å²) in [7, 11) is 0. The van der Waals surface area contributed by atoms with Gasteiger partial charge >= 0.3 is 5.97 Å². The fraction of sp³-hybridized carbons (Fsp3) is 0.379. The smallest absolute Gasteiger partial charge is 0.326 e. The van der Waals surface area contributed by atoms with Gasteiger partial charge < -0.3 is 31.8 Å². The molecule has 10 heteroatoms. The van der Waals surface area contributed by atoms with Crippen molar-refractivity contribution < 1.29 is 24.3 Å². The predicted octanol–water partition coefficient (Wildman–Crippen LogP) is 1.89. The largest absolute Gasteiger partial charge is 0.480 e. The van der Waals surface area contributed by atoms with Crippen LogP contribution in [0.15, 0.2) is 60.8 Å². The third-order valence-corrected chi connectivity index (χ3v) is 6.84. The Labute approximate surface area is 227 Å². The van der Waals surface area contributed by atoms with E-state index in [1.54, 1.807) is 6.20 Å². The highest BCUT2D eigenvalue weighted by Crippen LogP contribution is 2.19. The van der Waals surface area contributed by atoms with Gasteiger partial charge in [-0.1, -0.05) is 68.8 Å². The molecule has 39 heavy (non-hydrogen) atoms. The van der Waals surface area contributed by atoms with Crippen LogP contribution in [-0.4, -0.2) is 57.9 Å². The summed E-state index contributed by atoms with van der Waals surface area (Å²) in [5, 5.41) is 18.8. The van der Waals surface area contributed by atoms with Crippen molar-refractivity contribution in [3.63, 3.8) is 0 Å². The molecule has 10 nitrogen and oxygen atoms in total. The van der Waals surface area contributed by atoms with Crippen molar-refractivity contribution in [2.24, 2.45) is 11.7 Å². The van der Waals surface area contributed by atoms with Gasteiger partial charge in [0, 0.05) is 29.9 Å². The van der Waals surface area contributed by atoms with Crippen LogP contribution in [0.5, 0.6) is 0 Å². The highest BCUT2D eigenvalue weighted by Gasteiger charge is 2.32. The van der Waals surface area contributed by atoms with E-state index in [0.717, 1.165) is 22.0 Å². The number of carbonyl (C=O) groups is 4. The van der Waals surface area contributed by atoms with E-state index in [0.29, 0.717) is 6.42 Å². The van der Waals surface area contributed by atoms with Gasteiger partial charge in [0.1, 0.15) is 18.1 Å². The van der Waals surface area contributed by atoms with Crippen LogP contribution in [0.25, 0.3) is 10.9 Å². The molecule has 0 bridgehead atoms. The van der Waals surface area contributed by atoms with Crippen LogP contribution in [0.3, 0.4) is 0 Å². The van der Waals surface area contributed by atoms with E-state index in [4.69, 9.17) is 5.73 Å². The Balaban J connectivity index is 1.83. The molecule has 2 aromatic carbocycles. The number of hydrogen-bond donors (Lipinski definition) is 6. The molecule has 0 radical (unpaired) electrons. The zero-order chi connectivity index (χ0) is 28.5. The highest BCUT2D eigenvalue weighted by molar-refractivity contribution is 5.94. The molecule has 1 aromatic heterocycles. The molecule has 5 atom stereocenters. The van der Waals surface area contributed by atoms with E-state index >= 15 is 0 Å². The van der Waals surface area contributed by atoms with Gasteiger partial charge in [-0.05, 0) is 30.0 Å². The molecule has 3 aromatic rings. The lowest BCUT2D eigenvalue weighted by Gasteiger charge is -2.27. The summed E-state index contributed by atoms with van der Waals surface area (Å²) in [6.45, 7) is 5.23. The molecule has 3 rings (SSSR count). The minimum atomic E-state index is -1.23. The Bertz CT molecular complexity index is 1290. The van der Waals surface area contributed by atoms with Crippen molar-refractivity contribution in [3.05, 3.63) is 71.9 Å². The van der Waals surface area contributed by atoms with Crippen molar-refractivity contribution in [2.45, 2.75) is 64.2 Å². The van der Waals surface area contributed by atoms with Crippen LogP contribution in [0, 0.1) is 5.92 Å². The molecular formula is C29H37N5O5. The van der Waals surface area contributed by atoms with Crippen LogP contribution in [0.2, 0.25) is 0 Å². The van der Waals surface area contributed by atoms with E-state index in [2.05, 4.69) is 20.9 Å². The van der Waals surface area contributed by atoms with Crippen LogP contribution < -0.4 is 21.7 Å². The van der Waals surface area contributed by atoms with Crippen molar-refractivity contribution >= 4 is 34.6 Å². The Morgan fingerprint density at radius 3 is 2.13 bits per heavy atom. The molecule has 5 unspecified atom stereocenters. The van der Waals surface area contributed by atoms with E-state index in [-0.39, 0.29) is 18.8 Å². The van der Waals surface area contributed by atoms with Crippen LogP contribution in [0.4, 0.5) is 0 Å². The second kappa shape index (κ2) is 13.6. The van der Waals surface area contributed by atoms with Gasteiger partial charge in [-0.15, -0.1) is 0 Å². The van der Waals surface area contributed by atoms with Crippen LogP contribution in [0.1, 0.15) is 38.3 Å². The van der Waals surface area contributed by atoms with Gasteiger partial charge in [0.2, 0.25) is 17.7 Å². The van der Waals surface area contributed by atoms with Gasteiger partial charge in [-0.25, -0.2) is 4.79 Å². The monoisotopic (exact) mass is 535 g/mol. The summed E-state index contributed by atoms with van der Waals surface area (Å²) in [6, 6.07) is 12.6. The average molecular weight is 536 g/mol. The fourth-order valence-electron chi connectivity index (χ4n) is 4.30. The van der Waals surface area contributed by atoms with E-state index in [1.165, 1.54) is 6.92 Å². The third-order valence-electron chi connectivity index (χ3n) is 6.84. The second-order valence-corrected chi connectivity index (χ2v) is 9.87. The molecule has 3 amide bonds. The molecule has 0 aliphatic rings. The number of aromatic amines is 1. The number of aromatic nitrogens is 1. The first-order valence-corrected chi connectivity index (χ1v) is 13.1. The topological polar surface area (TPSA) is 166 Å². The number of carbonyl (C=O) groups excluding carboxylic acids is 3. The number of carboxylic acids is 1. The predicted molar refractivity (Wildman–Crippen MR) is 149 cm³/mol. The summed E-state index contributed by atoms with van der Waals surface area (Å²) in [4.78, 5) is 54.4. The second-order valence-electron chi connectivity index (χ2n) is 9.87. The molecule has 0 spiro atoms. The van der Waals surface area contributed by atoms with Gasteiger partial charge in [0.25, 0.3) is 0 Å². The quantitative estimate of drug-likeness (QED) is 0.195. The number of amides is 3. The summed E-state index contributed by atoms with van der Waals surface area (Å²) < 4.78 is 0. The number of hydrogen-bond acceptors (Lipinski definition) is 5. The van der Waals surface area contributed by atoms with Gasteiger partial charge in [-0.3, -0.25) is 14.4 Å². The number of benzene rings is 2. The SMILES string of the molecule is CCC(C)C(NC(=O)C(C)N)C(=O)NC(Cc1ccccc1)C(=O)NC(Cc1c[nH]c2ccccc12)C(=O)O. The molecule has 0 aliphatic carbocycles. The molecule has 0 fully saturated rings. The Hall–Kier alpha value is -4.18. The molecule has 0 aliphatic heterocycles. The van der Waals surface area contributed by atoms with Gasteiger partial charge in [-0.2, -0.15) is 0 Å². The summed E-state index contributed by atoms with van der Waals surface area (Å²) in [5.41, 5.74) is 8.07. The maximum atomic E-state index is 13.5. The zero-order valence-corrected chi connectivity index (χ0v) is 22.4. The molecule has 1 heterocycles. The Morgan fingerprint density at radius 2 is 1.49 bits per heavy atom. The summed E-state index contributed by atoms with van der Waals surface area (Å²) in [6.07, 6.45) is 2.51. The lowest BCUT2D eigenvalue weighted by atomic mass is 9.96. The minimum absolute atomic E-state index is 0.0526. The van der Waals surface area contributed by atoms with E-state index in [1.807, 2.05) is 68.4 Å². The molecule has 0 saturated heterocycles. The van der Waals surface area contributed by atoms with Crippen molar-refractivity contribution in [1.29, 1.82) is 0 Å². The van der Waals surface area contributed by atoms with Crippen LogP contribution in [-0.2, 0) is 32.0 Å². The number of aliphatic carboxylic acids is 1. The molecule has 0 saturated carbocycles. The zero-order valence-electron chi connectivity index (χ0n) is 22.4. The van der Waals surface area contributed by atoms with Crippen molar-refractivity contribution in [3.8, 4) is 0 Å². The maximum Gasteiger partial charge on any atom is 0.326 e. The number of nitrogens with two attached hydrogens (primary N) is 1. The molecule has 7 N–H and O–H groups in total. The summed E-state index contributed by atoms with van der Waals surface area (Å²) >= 11 is 0. The number of rotatable bonds is 13. The number of H-pyrrole nitrogens is 1. The third kappa shape index (κ3) is 7.90. The first-order chi connectivity index (χ1) is 18.6. The Kier molecular flexibility index (Phi) is 10.2. The lowest BCUT2D eigenvalue weighted by Crippen LogP contribution is -2.59. The number of nitrogens with one attached hydrogen (secondary N) is 4. The fourth-order valence-corrected chi connectivity index (χ4v) is 4.30. The molecular weight excluding hydrogens is 498 g/mol. The van der Waals surface area contributed by atoms with Gasteiger partial charge in [0.05, 0.1) is 6.04 Å². The Morgan fingerprint density at radius 1 is 0.846 bits per heavy atom. The standard InChI is InChI=1S/C29H37N5O5/c1-4-17(2)25(34-26(35)18(3)30)28(37)32-23(14-19-10-6-5-7-11-19)27(36)33-24(29(38)39)15-20-16-31-22-13-9-8-12-21(20)22/h5-13,16-18,23-25,31H,4,14-15,30H2,1-3H3,(H,32,37)(H,33,36)(H,34,35)(H,38,39). The average Bonchev–Trinajstić information content (AvgIpc) is 3.33. The molecule has 208 valence electrons. The van der Waals surface area contributed by atoms with Gasteiger partial charge in [0.15, 0.2) is 0 Å². The minimum Gasteiger partial charge on any atom is -0.480 e. The maximum absolute atomic E-state index is 13.5. The van der Waals surface area contributed by atoms with Crippen molar-refractivity contribution in [1.82, 2.24) is 20.9 Å². The highest BCUT2D eigenvalue weighted by atomic mass is 16.4.